The second kappa shape index (κ2) is 8.40. The minimum atomic E-state index is -4.35. The highest BCUT2D eigenvalue weighted by molar-refractivity contribution is 5.85. The van der Waals surface area contributed by atoms with E-state index in [1.54, 1.807) is 12.1 Å². The summed E-state index contributed by atoms with van der Waals surface area (Å²) in [5.41, 5.74) is 6.57. The van der Waals surface area contributed by atoms with Crippen LogP contribution in [0.1, 0.15) is 24.8 Å². The molecule has 1 amide bonds. The van der Waals surface area contributed by atoms with Crippen molar-refractivity contribution >= 4 is 18.3 Å². The van der Waals surface area contributed by atoms with Crippen molar-refractivity contribution in [2.75, 3.05) is 6.61 Å². The molecule has 130 valence electrons. The van der Waals surface area contributed by atoms with Crippen LogP contribution in [0.4, 0.5) is 13.2 Å². The van der Waals surface area contributed by atoms with Crippen molar-refractivity contribution in [3.63, 3.8) is 0 Å². The number of benzene rings is 1. The van der Waals surface area contributed by atoms with E-state index in [2.05, 4.69) is 10.1 Å². The van der Waals surface area contributed by atoms with E-state index in [-0.39, 0.29) is 36.0 Å². The lowest BCUT2D eigenvalue weighted by Gasteiger charge is -2.12. The third-order valence-corrected chi connectivity index (χ3v) is 3.64. The molecule has 0 saturated heterocycles. The van der Waals surface area contributed by atoms with Gasteiger partial charge in [0.2, 0.25) is 5.91 Å². The van der Waals surface area contributed by atoms with Gasteiger partial charge in [-0.25, -0.2) is 0 Å². The first-order chi connectivity index (χ1) is 10.3. The molecule has 2 rings (SSSR count). The van der Waals surface area contributed by atoms with Crippen LogP contribution in [-0.2, 0) is 11.3 Å². The largest absolute Gasteiger partial charge is 0.484 e. The highest BCUT2D eigenvalue weighted by atomic mass is 35.5. The van der Waals surface area contributed by atoms with Crippen molar-refractivity contribution < 1.29 is 22.7 Å². The molecule has 0 bridgehead atoms. The second-order valence-corrected chi connectivity index (χ2v) is 5.54. The molecule has 0 heterocycles. The molecule has 1 aromatic carbocycles. The molecule has 1 fully saturated rings. The van der Waals surface area contributed by atoms with E-state index < -0.39 is 12.8 Å². The van der Waals surface area contributed by atoms with Gasteiger partial charge in [0.25, 0.3) is 0 Å². The topological polar surface area (TPSA) is 64.4 Å². The quantitative estimate of drug-likeness (QED) is 0.856. The number of nitrogens with two attached hydrogens (primary N) is 1. The molecule has 0 aliphatic heterocycles. The number of alkyl halides is 3. The fourth-order valence-corrected chi connectivity index (χ4v) is 2.46. The monoisotopic (exact) mass is 352 g/mol. The molecule has 0 radical (unpaired) electrons. The summed E-state index contributed by atoms with van der Waals surface area (Å²) in [6.45, 7) is -0.977. The second-order valence-electron chi connectivity index (χ2n) is 5.54. The third kappa shape index (κ3) is 6.66. The van der Waals surface area contributed by atoms with Gasteiger partial charge in [0, 0.05) is 18.5 Å². The average molecular weight is 353 g/mol. The van der Waals surface area contributed by atoms with Crippen molar-refractivity contribution in [1.82, 2.24) is 5.32 Å². The number of rotatable bonds is 5. The molecule has 0 spiro atoms. The van der Waals surface area contributed by atoms with Crippen LogP contribution in [0, 0.1) is 5.92 Å². The predicted molar refractivity (Wildman–Crippen MR) is 82.4 cm³/mol. The lowest BCUT2D eigenvalue weighted by Crippen LogP contribution is -2.29. The maximum Gasteiger partial charge on any atom is 0.422 e. The number of halogens is 4. The standard InChI is InChI=1S/C15H19F3N2O2.ClH/c16-15(17,18)9-22-13-5-1-10(2-6-13)8-20-14(21)11-3-4-12(19)7-11;/h1-2,5-6,11-12H,3-4,7-9,19H2,(H,20,21);1H. The first kappa shape index (κ1) is 19.6. The fourth-order valence-electron chi connectivity index (χ4n) is 2.46. The van der Waals surface area contributed by atoms with Crippen LogP contribution in [0.25, 0.3) is 0 Å². The fraction of sp³-hybridized carbons (Fsp3) is 0.533. The summed E-state index contributed by atoms with van der Waals surface area (Å²) in [7, 11) is 0. The smallest absolute Gasteiger partial charge is 0.422 e. The Kier molecular flexibility index (Phi) is 7.15. The van der Waals surface area contributed by atoms with Crippen LogP contribution < -0.4 is 15.8 Å². The van der Waals surface area contributed by atoms with Crippen molar-refractivity contribution in [1.29, 1.82) is 0 Å². The summed E-state index contributed by atoms with van der Waals surface area (Å²) in [6, 6.07) is 6.27. The lowest BCUT2D eigenvalue weighted by atomic mass is 10.1. The third-order valence-electron chi connectivity index (χ3n) is 3.64. The molecular formula is C15H20ClF3N2O2. The Balaban J connectivity index is 0.00000264. The summed E-state index contributed by atoms with van der Waals surface area (Å²) in [4.78, 5) is 11.9. The average Bonchev–Trinajstić information content (AvgIpc) is 2.89. The number of ether oxygens (including phenoxy) is 1. The molecule has 23 heavy (non-hydrogen) atoms. The van der Waals surface area contributed by atoms with E-state index >= 15 is 0 Å². The van der Waals surface area contributed by atoms with Gasteiger partial charge in [0.1, 0.15) is 5.75 Å². The molecule has 3 N–H and O–H groups in total. The van der Waals surface area contributed by atoms with E-state index in [9.17, 15) is 18.0 Å². The Labute approximate surface area is 139 Å². The minimum absolute atomic E-state index is 0. The SMILES string of the molecule is Cl.NC1CCC(C(=O)NCc2ccc(OCC(F)(F)F)cc2)C1. The molecule has 1 aliphatic carbocycles. The highest BCUT2D eigenvalue weighted by Crippen LogP contribution is 2.24. The highest BCUT2D eigenvalue weighted by Gasteiger charge is 2.28. The molecule has 8 heteroatoms. The van der Waals surface area contributed by atoms with Crippen LogP contribution in [0.2, 0.25) is 0 Å². The molecule has 0 aromatic heterocycles. The van der Waals surface area contributed by atoms with Crippen molar-refractivity contribution in [2.24, 2.45) is 11.7 Å². The van der Waals surface area contributed by atoms with E-state index in [1.165, 1.54) is 12.1 Å². The minimum Gasteiger partial charge on any atom is -0.484 e. The van der Waals surface area contributed by atoms with Gasteiger partial charge < -0.3 is 15.8 Å². The number of carbonyl (C=O) groups is 1. The first-order valence-electron chi connectivity index (χ1n) is 7.15. The van der Waals surface area contributed by atoms with E-state index in [0.29, 0.717) is 13.0 Å². The van der Waals surface area contributed by atoms with Gasteiger partial charge in [0.15, 0.2) is 6.61 Å². The molecule has 1 aromatic rings. The Morgan fingerprint density at radius 2 is 1.91 bits per heavy atom. The van der Waals surface area contributed by atoms with Crippen molar-refractivity contribution in [3.8, 4) is 5.75 Å². The van der Waals surface area contributed by atoms with Crippen molar-refractivity contribution in [2.45, 2.75) is 38.0 Å². The molecular weight excluding hydrogens is 333 g/mol. The summed E-state index contributed by atoms with van der Waals surface area (Å²) in [6.07, 6.45) is -1.98. The van der Waals surface area contributed by atoms with Crippen LogP contribution in [0.3, 0.4) is 0 Å². The van der Waals surface area contributed by atoms with E-state index in [1.807, 2.05) is 0 Å². The number of hydrogen-bond donors (Lipinski definition) is 2. The van der Waals surface area contributed by atoms with Crippen LogP contribution >= 0.6 is 12.4 Å². The van der Waals surface area contributed by atoms with Gasteiger partial charge >= 0.3 is 6.18 Å². The predicted octanol–water partition coefficient (Wildman–Crippen LogP) is 2.79. The van der Waals surface area contributed by atoms with Crippen LogP contribution in [0.15, 0.2) is 24.3 Å². The summed E-state index contributed by atoms with van der Waals surface area (Å²) in [5.74, 6) is 0.0870. The van der Waals surface area contributed by atoms with Crippen LogP contribution in [-0.4, -0.2) is 24.7 Å². The maximum absolute atomic E-state index is 12.0. The Morgan fingerprint density at radius 3 is 2.43 bits per heavy atom. The Morgan fingerprint density at radius 1 is 1.26 bits per heavy atom. The Bertz CT molecular complexity index is 508. The van der Waals surface area contributed by atoms with Gasteiger partial charge in [0.05, 0.1) is 0 Å². The zero-order valence-corrected chi connectivity index (χ0v) is 13.3. The number of hydrogen-bond acceptors (Lipinski definition) is 3. The maximum atomic E-state index is 12.0. The molecule has 2 atom stereocenters. The van der Waals surface area contributed by atoms with Gasteiger partial charge in [-0.1, -0.05) is 12.1 Å². The van der Waals surface area contributed by atoms with E-state index in [4.69, 9.17) is 5.73 Å². The molecule has 2 unspecified atom stereocenters. The first-order valence-corrected chi connectivity index (χ1v) is 7.15. The lowest BCUT2D eigenvalue weighted by molar-refractivity contribution is -0.153. The number of carbonyl (C=O) groups excluding carboxylic acids is 1. The number of nitrogens with one attached hydrogen (secondary N) is 1. The van der Waals surface area contributed by atoms with Crippen LogP contribution in [0.5, 0.6) is 5.75 Å². The summed E-state index contributed by atoms with van der Waals surface area (Å²) in [5, 5.41) is 2.82. The molecule has 1 aliphatic rings. The van der Waals surface area contributed by atoms with Gasteiger partial charge in [-0.3, -0.25) is 4.79 Å². The Hall–Kier alpha value is -1.47. The molecule has 1 saturated carbocycles. The molecule has 4 nitrogen and oxygen atoms in total. The summed E-state index contributed by atoms with van der Waals surface area (Å²) >= 11 is 0. The zero-order chi connectivity index (χ0) is 16.2. The van der Waals surface area contributed by atoms with Gasteiger partial charge in [-0.05, 0) is 37.0 Å². The summed E-state index contributed by atoms with van der Waals surface area (Å²) < 4.78 is 40.7. The van der Waals surface area contributed by atoms with Gasteiger partial charge in [-0.15, -0.1) is 12.4 Å². The van der Waals surface area contributed by atoms with Crippen molar-refractivity contribution in [3.05, 3.63) is 29.8 Å². The van der Waals surface area contributed by atoms with Gasteiger partial charge in [-0.2, -0.15) is 13.2 Å². The van der Waals surface area contributed by atoms with E-state index in [0.717, 1.165) is 18.4 Å². The number of amides is 1. The normalized spacial score (nSPS) is 20.7. The zero-order valence-electron chi connectivity index (χ0n) is 12.4.